The molecule has 0 unspecified atom stereocenters. The van der Waals surface area contributed by atoms with Crippen LogP contribution in [0.1, 0.15) is 36.5 Å². The van der Waals surface area contributed by atoms with Crippen molar-refractivity contribution in [2.45, 2.75) is 26.2 Å². The quantitative estimate of drug-likeness (QED) is 0.128. The zero-order chi connectivity index (χ0) is 36.6. The number of furan rings is 1. The summed E-state index contributed by atoms with van der Waals surface area (Å²) in [7, 11) is 0. The second-order valence-corrected chi connectivity index (χ2v) is 14.2. The van der Waals surface area contributed by atoms with E-state index in [4.69, 9.17) is 9.15 Å². The van der Waals surface area contributed by atoms with Crippen LogP contribution < -0.4 is 4.74 Å². The highest BCUT2D eigenvalue weighted by atomic mass is 16.5. The first-order chi connectivity index (χ1) is 26.5. The smallest absolute Gasteiger partial charge is 0.136 e. The number of ether oxygens (including phenoxy) is 1. The molecule has 1 aliphatic heterocycles. The molecule has 6 aromatic carbocycles. The van der Waals surface area contributed by atoms with Crippen molar-refractivity contribution >= 4 is 65.4 Å². The third kappa shape index (κ3) is 6.16. The Hall–Kier alpha value is -6.64. The van der Waals surface area contributed by atoms with E-state index in [1.54, 1.807) is 0 Å². The van der Waals surface area contributed by atoms with Gasteiger partial charge in [-0.1, -0.05) is 141 Å². The van der Waals surface area contributed by atoms with E-state index >= 15 is 0 Å². The van der Waals surface area contributed by atoms with E-state index in [2.05, 4.69) is 172 Å². The average molecular weight is 697 g/mol. The van der Waals surface area contributed by atoms with Crippen molar-refractivity contribution in [3.05, 3.63) is 211 Å². The largest absolute Gasteiger partial charge is 0.461 e. The van der Waals surface area contributed by atoms with Crippen molar-refractivity contribution in [3.63, 3.8) is 0 Å². The summed E-state index contributed by atoms with van der Waals surface area (Å²) in [6.45, 7) is 11.1. The van der Waals surface area contributed by atoms with Crippen molar-refractivity contribution in [2.75, 3.05) is 0 Å². The molecule has 0 spiro atoms. The summed E-state index contributed by atoms with van der Waals surface area (Å²) >= 11 is 0. The number of hydrogen-bond acceptors (Lipinski definition) is 2. The zero-order valence-corrected chi connectivity index (χ0v) is 30.4. The molecule has 2 nitrogen and oxygen atoms in total. The second-order valence-electron chi connectivity index (χ2n) is 14.2. The predicted molar refractivity (Wildman–Crippen MR) is 231 cm³/mol. The molecule has 2 heterocycles. The van der Waals surface area contributed by atoms with Crippen LogP contribution in [-0.4, -0.2) is 0 Å². The molecule has 54 heavy (non-hydrogen) atoms. The van der Waals surface area contributed by atoms with Gasteiger partial charge in [0.15, 0.2) is 0 Å². The zero-order valence-electron chi connectivity index (χ0n) is 30.4. The van der Waals surface area contributed by atoms with Crippen LogP contribution in [0, 0.1) is 0 Å². The van der Waals surface area contributed by atoms with E-state index in [9.17, 15) is 0 Å². The third-order valence-corrected chi connectivity index (χ3v) is 10.6. The molecule has 0 N–H and O–H groups in total. The van der Waals surface area contributed by atoms with Crippen LogP contribution in [0.5, 0.6) is 5.75 Å². The van der Waals surface area contributed by atoms with Crippen molar-refractivity contribution in [2.24, 2.45) is 0 Å². The normalized spacial score (nSPS) is 18.3. The minimum absolute atomic E-state index is 0.745. The minimum atomic E-state index is 0.745. The molecule has 260 valence electrons. The van der Waals surface area contributed by atoms with E-state index in [1.165, 1.54) is 43.6 Å². The molecule has 0 fully saturated rings. The fourth-order valence-corrected chi connectivity index (χ4v) is 7.82. The van der Waals surface area contributed by atoms with Gasteiger partial charge in [0.2, 0.25) is 0 Å². The van der Waals surface area contributed by atoms with Crippen molar-refractivity contribution < 1.29 is 9.15 Å². The van der Waals surface area contributed by atoms with Gasteiger partial charge < -0.3 is 9.15 Å². The van der Waals surface area contributed by atoms with Crippen molar-refractivity contribution in [1.29, 1.82) is 0 Å². The van der Waals surface area contributed by atoms with Gasteiger partial charge in [-0.3, -0.25) is 0 Å². The minimum Gasteiger partial charge on any atom is -0.461 e. The lowest BCUT2D eigenvalue weighted by Crippen LogP contribution is -1.95. The van der Waals surface area contributed by atoms with Gasteiger partial charge in [0.25, 0.3) is 0 Å². The monoisotopic (exact) mass is 696 g/mol. The maximum Gasteiger partial charge on any atom is 0.136 e. The summed E-state index contributed by atoms with van der Waals surface area (Å²) < 4.78 is 12.5. The summed E-state index contributed by atoms with van der Waals surface area (Å²) in [5.41, 5.74) is 9.66. The lowest BCUT2D eigenvalue weighted by atomic mass is 9.85. The predicted octanol–water partition coefficient (Wildman–Crippen LogP) is 14.5. The fraction of sp³-hybridized carbons (Fsp3) is 0.0769. The number of benzene rings is 6. The molecular formula is C52H40O2. The average Bonchev–Trinajstić information content (AvgIpc) is 3.77. The molecule has 2 heteroatoms. The number of allylic oxidation sites excluding steroid dienone is 16. The topological polar surface area (TPSA) is 22.4 Å². The Morgan fingerprint density at radius 1 is 0.667 bits per heavy atom. The van der Waals surface area contributed by atoms with Crippen LogP contribution >= 0.6 is 0 Å². The van der Waals surface area contributed by atoms with Gasteiger partial charge in [0.05, 0.1) is 0 Å². The Morgan fingerprint density at radius 3 is 2.15 bits per heavy atom. The van der Waals surface area contributed by atoms with Crippen LogP contribution in [0.4, 0.5) is 0 Å². The summed E-state index contributed by atoms with van der Waals surface area (Å²) in [4.78, 5) is 0. The highest BCUT2D eigenvalue weighted by Crippen LogP contribution is 2.42. The molecule has 9 rings (SSSR count). The lowest BCUT2D eigenvalue weighted by Gasteiger charge is -2.19. The molecule has 0 radical (unpaired) electrons. The van der Waals surface area contributed by atoms with E-state index in [-0.39, 0.29) is 0 Å². The van der Waals surface area contributed by atoms with Gasteiger partial charge in [-0.25, -0.2) is 0 Å². The Kier molecular flexibility index (Phi) is 8.65. The fourth-order valence-electron chi connectivity index (χ4n) is 7.82. The number of rotatable bonds is 6. The lowest BCUT2D eigenvalue weighted by molar-refractivity contribution is 0.447. The van der Waals surface area contributed by atoms with Gasteiger partial charge in [-0.05, 0) is 122 Å². The molecule has 0 atom stereocenters. The third-order valence-electron chi connectivity index (χ3n) is 10.6. The first kappa shape index (κ1) is 33.2. The molecule has 0 bridgehead atoms. The molecule has 0 saturated carbocycles. The van der Waals surface area contributed by atoms with Crippen molar-refractivity contribution in [1.82, 2.24) is 0 Å². The van der Waals surface area contributed by atoms with E-state index < -0.39 is 0 Å². The molecule has 0 amide bonds. The summed E-state index contributed by atoms with van der Waals surface area (Å²) in [5.74, 6) is 1.82. The van der Waals surface area contributed by atoms with Crippen LogP contribution in [0.15, 0.2) is 198 Å². The van der Waals surface area contributed by atoms with Gasteiger partial charge >= 0.3 is 0 Å². The summed E-state index contributed by atoms with van der Waals surface area (Å²) in [5, 5.41) is 9.43. The number of fused-ring (bicyclic) bond motifs is 7. The molecule has 2 aliphatic rings. The molecular weight excluding hydrogens is 657 g/mol. The van der Waals surface area contributed by atoms with E-state index in [0.717, 1.165) is 80.4 Å². The van der Waals surface area contributed by atoms with Gasteiger partial charge in [0.1, 0.15) is 22.7 Å². The molecule has 7 aromatic rings. The first-order valence-corrected chi connectivity index (χ1v) is 18.6. The molecule has 1 aliphatic carbocycles. The van der Waals surface area contributed by atoms with Crippen LogP contribution in [0.25, 0.3) is 65.4 Å². The Morgan fingerprint density at radius 2 is 1.35 bits per heavy atom. The highest BCUT2D eigenvalue weighted by molar-refractivity contribution is 6.17. The second kappa shape index (κ2) is 14.1. The Labute approximate surface area is 316 Å². The molecule has 1 aromatic heterocycles. The van der Waals surface area contributed by atoms with Gasteiger partial charge in [-0.15, -0.1) is 0 Å². The number of hydrogen-bond donors (Lipinski definition) is 0. The maximum atomic E-state index is 6.34. The summed E-state index contributed by atoms with van der Waals surface area (Å²) in [6.07, 6.45) is 26.3. The van der Waals surface area contributed by atoms with Gasteiger partial charge in [-0.2, -0.15) is 0 Å². The highest BCUT2D eigenvalue weighted by Gasteiger charge is 2.20. The summed E-state index contributed by atoms with van der Waals surface area (Å²) in [6, 6.07) is 34.4. The Bertz CT molecular complexity index is 2850. The standard InChI is InChI=1S/C52H40O2/c1-34(35(2)27-28-41-30-40-29-38-31-47-42-19-15-16-24-48(42)54-50(47)33-39(38)32-49(40)53-41)25-26-36(3)51-43-20-11-13-22-45(43)52(46-23-14-12-21-44(46)51)37-17-9-7-5-4-6-8-10-18-37/h4-5,7-16,18-29,31-33H,1,3,6,17,30H2,2H3/b5-4-,9-7-,10-8-,26-25-,35-27+,37-18+,41-28+. The van der Waals surface area contributed by atoms with E-state index in [1.807, 2.05) is 12.1 Å². The number of para-hydroxylation sites is 1. The van der Waals surface area contributed by atoms with Crippen LogP contribution in [-0.2, 0) is 6.42 Å². The van der Waals surface area contributed by atoms with Crippen molar-refractivity contribution in [3.8, 4) is 5.75 Å². The van der Waals surface area contributed by atoms with Crippen LogP contribution in [0.3, 0.4) is 0 Å². The van der Waals surface area contributed by atoms with E-state index in [0.29, 0.717) is 0 Å². The first-order valence-electron chi connectivity index (χ1n) is 18.6. The van der Waals surface area contributed by atoms with Crippen LogP contribution in [0.2, 0.25) is 0 Å². The van der Waals surface area contributed by atoms with Gasteiger partial charge in [0, 0.05) is 22.8 Å². The molecule has 0 saturated heterocycles. The Balaban J connectivity index is 0.978. The maximum absolute atomic E-state index is 6.34. The SMILES string of the molecule is C=C(/C=C\C(=C)c1c2ccccc2c(/C2=C/C=C\C/C=C\C=C/C2)c2ccccc12)/C(C)=C/C=C1\Cc2cc3cc4c(cc3cc2O1)oc1ccccc14.